The molecule has 0 aliphatic carbocycles. The molecule has 45 heavy (non-hydrogen) atoms. The lowest BCUT2D eigenvalue weighted by Crippen LogP contribution is -2.65. The van der Waals surface area contributed by atoms with E-state index >= 15 is 0 Å². The molecule has 17 heteroatoms. The molecular formula is C28H32O17. The molecule has 5 rings (SSSR count). The topological polar surface area (TPSA) is 290 Å². The van der Waals surface area contributed by atoms with Gasteiger partial charge in [-0.2, -0.15) is 0 Å². The van der Waals surface area contributed by atoms with E-state index in [1.807, 2.05) is 0 Å². The predicted octanol–water partition coefficient (Wildman–Crippen LogP) is -2.68. The minimum atomic E-state index is -1.94. The van der Waals surface area contributed by atoms with Crippen molar-refractivity contribution in [2.75, 3.05) is 13.2 Å². The average Bonchev–Trinajstić information content (AvgIpc) is 3.01. The van der Waals surface area contributed by atoms with Crippen LogP contribution < -0.4 is 14.9 Å². The number of phenols is 3. The van der Waals surface area contributed by atoms with Gasteiger partial charge in [-0.1, -0.05) is 0 Å². The second-order valence-corrected chi connectivity index (χ2v) is 10.9. The van der Waals surface area contributed by atoms with Crippen LogP contribution in [0.25, 0.3) is 22.3 Å². The fourth-order valence-electron chi connectivity index (χ4n) is 5.04. The maximum atomic E-state index is 13.8. The molecule has 0 spiro atoms. The molecule has 17 nitrogen and oxygen atoms in total. The van der Waals surface area contributed by atoms with Gasteiger partial charge in [0.15, 0.2) is 17.3 Å². The van der Waals surface area contributed by atoms with Crippen LogP contribution in [0.2, 0.25) is 0 Å². The van der Waals surface area contributed by atoms with E-state index in [0.717, 1.165) is 24.3 Å². The normalized spacial score (nSPS) is 33.7. The molecular weight excluding hydrogens is 608 g/mol. The van der Waals surface area contributed by atoms with Crippen molar-refractivity contribution in [3.63, 3.8) is 0 Å². The molecule has 0 radical (unpaired) electrons. The third-order valence-corrected chi connectivity index (χ3v) is 7.76. The van der Waals surface area contributed by atoms with Gasteiger partial charge in [-0.05, 0) is 25.1 Å². The number of hydrogen-bond acceptors (Lipinski definition) is 17. The first kappa shape index (κ1) is 32.6. The first-order valence-corrected chi connectivity index (χ1v) is 13.5. The summed E-state index contributed by atoms with van der Waals surface area (Å²) in [5.41, 5.74) is -3.26. The highest BCUT2D eigenvalue weighted by molar-refractivity contribution is 5.88. The second-order valence-electron chi connectivity index (χ2n) is 10.9. The summed E-state index contributed by atoms with van der Waals surface area (Å²) in [6, 6.07) is 5.28. The van der Waals surface area contributed by atoms with Crippen LogP contribution >= 0.6 is 0 Å². The van der Waals surface area contributed by atoms with Crippen molar-refractivity contribution < 1.29 is 79.5 Å². The number of ether oxygens (including phenoxy) is 4. The van der Waals surface area contributed by atoms with Gasteiger partial charge in [0.25, 0.3) is 0 Å². The number of aromatic hydroxyl groups is 3. The largest absolute Gasteiger partial charge is 0.507 e. The van der Waals surface area contributed by atoms with Crippen LogP contribution in [-0.2, 0) is 9.47 Å². The number of benzene rings is 2. The summed E-state index contributed by atoms with van der Waals surface area (Å²) in [6.07, 6.45) is -15.8. The Morgan fingerprint density at radius 1 is 0.800 bits per heavy atom. The standard InChI is InChI=1S/C28H32O17/c1-28(8-30)25(40)20(37)22(39)27(45-28)41-10-5-13(33)16-14(6-10)42-23(9-2-3-11(31)12(32)4-9)24(18(16)35)44-26-21(38)19(36)17(34)15(7-29)43-26/h2-6,15,17,19-22,25-27,29-34,36-40H,7-8H2,1H3/t15-,17+,19+,20-,21-,22-,25+,26+,27-,28+/m1/s1. The summed E-state index contributed by atoms with van der Waals surface area (Å²) in [6.45, 7) is -0.307. The lowest BCUT2D eigenvalue weighted by atomic mass is 9.89. The van der Waals surface area contributed by atoms with E-state index in [0.29, 0.717) is 0 Å². The van der Waals surface area contributed by atoms with Gasteiger partial charge >= 0.3 is 0 Å². The van der Waals surface area contributed by atoms with Crippen LogP contribution in [0.15, 0.2) is 39.5 Å². The van der Waals surface area contributed by atoms with Crippen LogP contribution in [0.1, 0.15) is 6.92 Å². The van der Waals surface area contributed by atoms with Gasteiger partial charge in [0, 0.05) is 17.7 Å². The van der Waals surface area contributed by atoms with E-state index in [2.05, 4.69) is 0 Å². The van der Waals surface area contributed by atoms with Crippen LogP contribution in [-0.4, -0.2) is 130 Å². The summed E-state index contributed by atoms with van der Waals surface area (Å²) in [7, 11) is 0. The van der Waals surface area contributed by atoms with Crippen LogP contribution in [0, 0.1) is 0 Å². The van der Waals surface area contributed by atoms with E-state index < -0.39 is 114 Å². The molecule has 10 atom stereocenters. The number of fused-ring (bicyclic) bond motifs is 1. The van der Waals surface area contributed by atoms with Crippen molar-refractivity contribution in [3.8, 4) is 40.1 Å². The fourth-order valence-corrected chi connectivity index (χ4v) is 5.04. The molecule has 246 valence electrons. The van der Waals surface area contributed by atoms with Gasteiger partial charge in [-0.15, -0.1) is 0 Å². The highest BCUT2D eigenvalue weighted by Gasteiger charge is 2.52. The number of phenolic OH excluding ortho intramolecular Hbond substituents is 3. The molecule has 0 unspecified atom stereocenters. The number of hydrogen-bond donors (Lipinski definition) is 11. The molecule has 11 N–H and O–H groups in total. The average molecular weight is 641 g/mol. The molecule has 3 heterocycles. The molecule has 3 aromatic rings. The highest BCUT2D eigenvalue weighted by Crippen LogP contribution is 2.40. The van der Waals surface area contributed by atoms with Gasteiger partial charge in [0.1, 0.15) is 70.8 Å². The molecule has 2 aromatic carbocycles. The predicted molar refractivity (Wildman–Crippen MR) is 146 cm³/mol. The van der Waals surface area contributed by atoms with Crippen LogP contribution in [0.3, 0.4) is 0 Å². The Morgan fingerprint density at radius 2 is 1.49 bits per heavy atom. The van der Waals surface area contributed by atoms with Crippen LogP contribution in [0.5, 0.6) is 28.7 Å². The summed E-state index contributed by atoms with van der Waals surface area (Å²) in [4.78, 5) is 13.8. The zero-order valence-corrected chi connectivity index (χ0v) is 23.4. The van der Waals surface area contributed by atoms with Gasteiger partial charge in [0.2, 0.25) is 23.8 Å². The van der Waals surface area contributed by atoms with Gasteiger partial charge in [-0.25, -0.2) is 0 Å². The van der Waals surface area contributed by atoms with E-state index in [1.54, 1.807) is 0 Å². The SMILES string of the molecule is C[C@@]1(CO)O[C@@H](Oc2cc(O)c3c(=O)c(O[C@@H]4O[C@H](CO)[C@H](O)[C@H](O)[C@H]4O)c(-c4ccc(O)c(O)c4)oc3c2)[C@H](O)[C@@H](O)[C@@H]1O. The third kappa shape index (κ3) is 5.74. The summed E-state index contributed by atoms with van der Waals surface area (Å²) in [5, 5.41) is 111. The van der Waals surface area contributed by atoms with Crippen LogP contribution in [0.4, 0.5) is 0 Å². The van der Waals surface area contributed by atoms with Gasteiger partial charge in [-0.3, -0.25) is 4.79 Å². The Labute approximate surface area is 252 Å². The summed E-state index contributed by atoms with van der Waals surface area (Å²) >= 11 is 0. The number of aliphatic hydroxyl groups excluding tert-OH is 8. The molecule has 0 bridgehead atoms. The molecule has 1 aromatic heterocycles. The Balaban J connectivity index is 1.61. The van der Waals surface area contributed by atoms with Crippen molar-refractivity contribution >= 4 is 11.0 Å². The molecule has 0 amide bonds. The molecule has 2 aliphatic heterocycles. The first-order chi connectivity index (χ1) is 21.2. The van der Waals surface area contributed by atoms with E-state index in [4.69, 9.17) is 23.4 Å². The molecule has 2 saturated heterocycles. The monoisotopic (exact) mass is 640 g/mol. The Kier molecular flexibility index (Phi) is 8.86. The van der Waals surface area contributed by atoms with Crippen molar-refractivity contribution in [2.45, 2.75) is 67.8 Å². The lowest BCUT2D eigenvalue weighted by Gasteiger charge is -2.45. The first-order valence-electron chi connectivity index (χ1n) is 13.5. The Morgan fingerprint density at radius 3 is 2.13 bits per heavy atom. The van der Waals surface area contributed by atoms with E-state index in [9.17, 15) is 61.0 Å². The second kappa shape index (κ2) is 12.2. The Hall–Kier alpha value is -3.75. The van der Waals surface area contributed by atoms with Crippen molar-refractivity contribution in [1.82, 2.24) is 0 Å². The number of rotatable bonds is 7. The zero-order valence-electron chi connectivity index (χ0n) is 23.4. The molecule has 2 fully saturated rings. The minimum Gasteiger partial charge on any atom is -0.507 e. The quantitative estimate of drug-likeness (QED) is 0.117. The summed E-state index contributed by atoms with van der Waals surface area (Å²) < 4.78 is 27.9. The molecule has 0 saturated carbocycles. The summed E-state index contributed by atoms with van der Waals surface area (Å²) in [5.74, 6) is -3.37. The minimum absolute atomic E-state index is 0.0726. The lowest BCUT2D eigenvalue weighted by molar-refractivity contribution is -0.313. The maximum absolute atomic E-state index is 13.8. The number of aliphatic hydroxyl groups is 8. The van der Waals surface area contributed by atoms with Crippen molar-refractivity contribution in [1.29, 1.82) is 0 Å². The van der Waals surface area contributed by atoms with E-state index in [-0.39, 0.29) is 16.9 Å². The van der Waals surface area contributed by atoms with E-state index in [1.165, 1.54) is 13.0 Å². The van der Waals surface area contributed by atoms with Crippen molar-refractivity contribution in [2.24, 2.45) is 0 Å². The van der Waals surface area contributed by atoms with Gasteiger partial charge in [0.05, 0.1) is 13.2 Å². The zero-order chi connectivity index (χ0) is 33.0. The van der Waals surface area contributed by atoms with Gasteiger partial charge < -0.3 is 79.5 Å². The maximum Gasteiger partial charge on any atom is 0.239 e. The highest BCUT2D eigenvalue weighted by atomic mass is 16.7. The molecule has 2 aliphatic rings. The smallest absolute Gasteiger partial charge is 0.239 e. The van der Waals surface area contributed by atoms with Crippen molar-refractivity contribution in [3.05, 3.63) is 40.6 Å². The fraction of sp³-hybridized carbons (Fsp3) is 0.464. The third-order valence-electron chi connectivity index (χ3n) is 7.76. The Bertz CT molecular complexity index is 1610.